The first kappa shape index (κ1) is 20.7. The molecule has 2 rings (SSSR count). The normalized spacial score (nSPS) is 10.9. The predicted octanol–water partition coefficient (Wildman–Crippen LogP) is 3.96. The summed E-state index contributed by atoms with van der Waals surface area (Å²) in [6.45, 7) is 6.47. The Morgan fingerprint density at radius 1 is 1.17 bits per heavy atom. The van der Waals surface area contributed by atoms with Gasteiger partial charge in [0.1, 0.15) is 5.15 Å². The Morgan fingerprint density at radius 3 is 2.62 bits per heavy atom. The summed E-state index contributed by atoms with van der Waals surface area (Å²) in [6, 6.07) is 12.1. The van der Waals surface area contributed by atoms with Crippen molar-refractivity contribution >= 4 is 41.5 Å². The highest BCUT2D eigenvalue weighted by Crippen LogP contribution is 2.08. The maximum Gasteiger partial charge on any atom is 0.191 e. The zero-order valence-corrected chi connectivity index (χ0v) is 17.1. The van der Waals surface area contributed by atoms with Crippen LogP contribution in [0, 0.1) is 6.92 Å². The Kier molecular flexibility index (Phi) is 9.71. The fourth-order valence-corrected chi connectivity index (χ4v) is 2.28. The number of hydrogen-bond acceptors (Lipinski definition) is 2. The van der Waals surface area contributed by atoms with Gasteiger partial charge < -0.3 is 10.6 Å². The minimum absolute atomic E-state index is 0. The van der Waals surface area contributed by atoms with Gasteiger partial charge in [-0.3, -0.25) is 0 Å². The quantitative estimate of drug-likeness (QED) is 0.298. The van der Waals surface area contributed by atoms with E-state index in [-0.39, 0.29) is 24.0 Å². The molecule has 0 unspecified atom stereocenters. The van der Waals surface area contributed by atoms with Gasteiger partial charge in [0.25, 0.3) is 0 Å². The van der Waals surface area contributed by atoms with E-state index in [0.717, 1.165) is 31.0 Å². The number of nitrogens with zero attached hydrogens (tertiary/aromatic N) is 2. The molecule has 1 aromatic carbocycles. The summed E-state index contributed by atoms with van der Waals surface area (Å²) in [5, 5.41) is 7.14. The minimum Gasteiger partial charge on any atom is -0.357 e. The van der Waals surface area contributed by atoms with E-state index >= 15 is 0 Å². The highest BCUT2D eigenvalue weighted by atomic mass is 127. The second-order valence-corrected chi connectivity index (χ2v) is 5.67. The van der Waals surface area contributed by atoms with E-state index < -0.39 is 0 Å². The first-order valence-electron chi connectivity index (χ1n) is 7.86. The van der Waals surface area contributed by atoms with Crippen LogP contribution in [0.1, 0.15) is 23.6 Å². The van der Waals surface area contributed by atoms with Crippen molar-refractivity contribution in [2.45, 2.75) is 26.8 Å². The SMILES string of the molecule is CCNC(=NCc1ccccc1C)NCCc1ccc(Cl)nc1.I. The van der Waals surface area contributed by atoms with Crippen LogP contribution < -0.4 is 10.6 Å². The van der Waals surface area contributed by atoms with Gasteiger partial charge in [-0.25, -0.2) is 9.98 Å². The van der Waals surface area contributed by atoms with Crippen molar-refractivity contribution in [3.8, 4) is 0 Å². The Hall–Kier alpha value is -1.34. The summed E-state index contributed by atoms with van der Waals surface area (Å²) in [5.41, 5.74) is 3.66. The summed E-state index contributed by atoms with van der Waals surface area (Å²) in [4.78, 5) is 8.74. The van der Waals surface area contributed by atoms with Crippen LogP contribution >= 0.6 is 35.6 Å². The molecule has 1 heterocycles. The van der Waals surface area contributed by atoms with E-state index in [2.05, 4.69) is 46.6 Å². The van der Waals surface area contributed by atoms with Crippen molar-refractivity contribution in [3.05, 3.63) is 64.4 Å². The van der Waals surface area contributed by atoms with E-state index in [1.54, 1.807) is 6.20 Å². The Labute approximate surface area is 166 Å². The largest absolute Gasteiger partial charge is 0.357 e. The summed E-state index contributed by atoms with van der Waals surface area (Å²) >= 11 is 5.79. The molecule has 0 saturated carbocycles. The van der Waals surface area contributed by atoms with Gasteiger partial charge in [0.2, 0.25) is 0 Å². The van der Waals surface area contributed by atoms with Crippen LogP contribution in [0.15, 0.2) is 47.6 Å². The van der Waals surface area contributed by atoms with E-state index in [9.17, 15) is 0 Å². The third-order valence-electron chi connectivity index (χ3n) is 3.51. The fourth-order valence-electron chi connectivity index (χ4n) is 2.17. The molecular weight excluding hydrogens is 435 g/mol. The molecule has 2 aromatic rings. The molecule has 0 spiro atoms. The lowest BCUT2D eigenvalue weighted by Crippen LogP contribution is -2.38. The van der Waals surface area contributed by atoms with Crippen molar-refractivity contribution in [3.63, 3.8) is 0 Å². The van der Waals surface area contributed by atoms with Crippen molar-refractivity contribution < 1.29 is 0 Å². The summed E-state index contributed by atoms with van der Waals surface area (Å²) in [5.74, 6) is 0.831. The molecule has 1 aromatic heterocycles. The van der Waals surface area contributed by atoms with Crippen LogP contribution in [0.25, 0.3) is 0 Å². The monoisotopic (exact) mass is 458 g/mol. The lowest BCUT2D eigenvalue weighted by atomic mass is 10.1. The standard InChI is InChI=1S/C18H23ClN4.HI/c1-3-20-18(23-13-16-7-5-4-6-14(16)2)21-11-10-15-8-9-17(19)22-12-15;/h4-9,12H,3,10-11,13H2,1-2H3,(H2,20,21,23);1H. The lowest BCUT2D eigenvalue weighted by Gasteiger charge is -2.11. The molecule has 0 amide bonds. The van der Waals surface area contributed by atoms with Gasteiger partial charge in [0, 0.05) is 19.3 Å². The molecule has 0 aliphatic heterocycles. The van der Waals surface area contributed by atoms with Gasteiger partial charge in [-0.1, -0.05) is 41.9 Å². The van der Waals surface area contributed by atoms with Gasteiger partial charge in [0.15, 0.2) is 5.96 Å². The number of rotatable bonds is 6. The first-order valence-corrected chi connectivity index (χ1v) is 8.24. The average molecular weight is 459 g/mol. The first-order chi connectivity index (χ1) is 11.2. The van der Waals surface area contributed by atoms with Crippen LogP contribution in [0.5, 0.6) is 0 Å². The molecular formula is C18H24ClIN4. The molecule has 0 aliphatic rings. The Morgan fingerprint density at radius 2 is 1.96 bits per heavy atom. The van der Waals surface area contributed by atoms with Gasteiger partial charge in [-0.2, -0.15) is 0 Å². The second-order valence-electron chi connectivity index (χ2n) is 5.29. The Bertz CT molecular complexity index is 644. The molecule has 0 radical (unpaired) electrons. The number of nitrogens with one attached hydrogen (secondary N) is 2. The number of benzene rings is 1. The number of halogens is 2. The van der Waals surface area contributed by atoms with Crippen molar-refractivity contribution in [2.75, 3.05) is 13.1 Å². The molecule has 24 heavy (non-hydrogen) atoms. The zero-order chi connectivity index (χ0) is 16.5. The molecule has 0 bridgehead atoms. The number of aromatic nitrogens is 1. The molecule has 0 fully saturated rings. The molecule has 4 nitrogen and oxygen atoms in total. The third kappa shape index (κ3) is 7.05. The van der Waals surface area contributed by atoms with Gasteiger partial charge >= 0.3 is 0 Å². The smallest absolute Gasteiger partial charge is 0.191 e. The van der Waals surface area contributed by atoms with Crippen LogP contribution in [0.2, 0.25) is 5.15 Å². The highest BCUT2D eigenvalue weighted by molar-refractivity contribution is 14.0. The number of aliphatic imine (C=N–C) groups is 1. The zero-order valence-electron chi connectivity index (χ0n) is 14.1. The van der Waals surface area contributed by atoms with Gasteiger partial charge in [-0.05, 0) is 43.0 Å². The van der Waals surface area contributed by atoms with E-state index in [4.69, 9.17) is 11.6 Å². The van der Waals surface area contributed by atoms with Crippen LogP contribution in [0.3, 0.4) is 0 Å². The summed E-state index contributed by atoms with van der Waals surface area (Å²) < 4.78 is 0. The van der Waals surface area contributed by atoms with Crippen LogP contribution in [0.4, 0.5) is 0 Å². The lowest BCUT2D eigenvalue weighted by molar-refractivity contribution is 0.797. The highest BCUT2D eigenvalue weighted by Gasteiger charge is 2.00. The van der Waals surface area contributed by atoms with E-state index in [1.807, 2.05) is 24.3 Å². The van der Waals surface area contributed by atoms with E-state index in [1.165, 1.54) is 11.1 Å². The molecule has 0 atom stereocenters. The maximum atomic E-state index is 5.79. The van der Waals surface area contributed by atoms with Crippen molar-refractivity contribution in [1.82, 2.24) is 15.6 Å². The molecule has 6 heteroatoms. The summed E-state index contributed by atoms with van der Waals surface area (Å²) in [7, 11) is 0. The van der Waals surface area contributed by atoms with Crippen molar-refractivity contribution in [2.24, 2.45) is 4.99 Å². The van der Waals surface area contributed by atoms with Gasteiger partial charge in [-0.15, -0.1) is 24.0 Å². The molecule has 130 valence electrons. The maximum absolute atomic E-state index is 5.79. The molecule has 2 N–H and O–H groups in total. The molecule has 0 saturated heterocycles. The van der Waals surface area contributed by atoms with Crippen LogP contribution in [-0.2, 0) is 13.0 Å². The van der Waals surface area contributed by atoms with Gasteiger partial charge in [0.05, 0.1) is 6.54 Å². The number of pyridine rings is 1. The minimum atomic E-state index is 0. The predicted molar refractivity (Wildman–Crippen MR) is 112 cm³/mol. The summed E-state index contributed by atoms with van der Waals surface area (Å²) in [6.07, 6.45) is 2.68. The number of aryl methyl sites for hydroxylation is 1. The topological polar surface area (TPSA) is 49.3 Å². The van der Waals surface area contributed by atoms with E-state index in [0.29, 0.717) is 11.7 Å². The number of guanidine groups is 1. The van der Waals surface area contributed by atoms with Crippen LogP contribution in [-0.4, -0.2) is 24.0 Å². The fraction of sp³-hybridized carbons (Fsp3) is 0.333. The number of hydrogen-bond donors (Lipinski definition) is 2. The average Bonchev–Trinajstić information content (AvgIpc) is 2.56. The third-order valence-corrected chi connectivity index (χ3v) is 3.73. The second kappa shape index (κ2) is 11.3. The molecule has 0 aliphatic carbocycles. The Balaban J connectivity index is 0.00000288. The van der Waals surface area contributed by atoms with Crippen molar-refractivity contribution in [1.29, 1.82) is 0 Å².